The van der Waals surface area contributed by atoms with Crippen LogP contribution in [0.1, 0.15) is 22.6 Å². The standard InChI is InChI=1S/C39H31FO2/c40-33-23-25-35(26-24-33)42-39-22-12-8-16-31(39)28-32(37-20-10-9-19-36(37)29-13-3-1-4-14-29)27-30-15-7-11-21-38(30)41-34-17-5-2-6-18-34/h1-26,32H,27-28H2. The van der Waals surface area contributed by atoms with Crippen molar-refractivity contribution in [3.8, 4) is 34.1 Å². The van der Waals surface area contributed by atoms with Gasteiger partial charge in [0.15, 0.2) is 0 Å². The molecule has 3 heteroatoms. The Morgan fingerprint density at radius 2 is 0.929 bits per heavy atom. The maximum atomic E-state index is 13.6. The first-order valence-electron chi connectivity index (χ1n) is 14.2. The SMILES string of the molecule is Fc1ccc(Oc2ccccc2CC(Cc2ccccc2Oc2ccccc2)c2ccccc2-c2ccccc2)cc1. The summed E-state index contributed by atoms with van der Waals surface area (Å²) in [5.74, 6) is 2.85. The highest BCUT2D eigenvalue weighted by atomic mass is 19.1. The Labute approximate surface area is 246 Å². The summed E-state index contributed by atoms with van der Waals surface area (Å²) in [7, 11) is 0. The van der Waals surface area contributed by atoms with Gasteiger partial charge in [-0.15, -0.1) is 0 Å². The highest BCUT2D eigenvalue weighted by molar-refractivity contribution is 5.68. The lowest BCUT2D eigenvalue weighted by Crippen LogP contribution is -2.10. The van der Waals surface area contributed by atoms with E-state index in [0.717, 1.165) is 41.2 Å². The molecule has 42 heavy (non-hydrogen) atoms. The van der Waals surface area contributed by atoms with Gasteiger partial charge in [-0.25, -0.2) is 4.39 Å². The van der Waals surface area contributed by atoms with E-state index in [1.165, 1.54) is 28.8 Å². The minimum atomic E-state index is -0.287. The van der Waals surface area contributed by atoms with E-state index in [1.807, 2.05) is 66.7 Å². The third-order valence-corrected chi connectivity index (χ3v) is 7.38. The van der Waals surface area contributed by atoms with Gasteiger partial charge >= 0.3 is 0 Å². The smallest absolute Gasteiger partial charge is 0.130 e. The second-order valence-electron chi connectivity index (χ2n) is 10.2. The van der Waals surface area contributed by atoms with E-state index >= 15 is 0 Å². The van der Waals surface area contributed by atoms with Crippen molar-refractivity contribution in [1.29, 1.82) is 0 Å². The van der Waals surface area contributed by atoms with Crippen molar-refractivity contribution in [3.05, 3.63) is 180 Å². The second kappa shape index (κ2) is 13.0. The lowest BCUT2D eigenvalue weighted by molar-refractivity contribution is 0.466. The molecule has 0 amide bonds. The van der Waals surface area contributed by atoms with Crippen molar-refractivity contribution >= 4 is 0 Å². The van der Waals surface area contributed by atoms with Gasteiger partial charge in [0, 0.05) is 0 Å². The van der Waals surface area contributed by atoms with Gasteiger partial charge in [-0.1, -0.05) is 109 Å². The number of benzene rings is 6. The van der Waals surface area contributed by atoms with Gasteiger partial charge in [0.25, 0.3) is 0 Å². The minimum Gasteiger partial charge on any atom is -0.457 e. The lowest BCUT2D eigenvalue weighted by atomic mass is 9.82. The molecule has 0 aromatic heterocycles. The van der Waals surface area contributed by atoms with Gasteiger partial charge in [0.1, 0.15) is 28.8 Å². The Morgan fingerprint density at radius 1 is 0.452 bits per heavy atom. The van der Waals surface area contributed by atoms with Crippen LogP contribution in [0.4, 0.5) is 4.39 Å². The Balaban J connectivity index is 1.39. The maximum absolute atomic E-state index is 13.6. The molecule has 0 N–H and O–H groups in total. The van der Waals surface area contributed by atoms with Gasteiger partial charge in [-0.3, -0.25) is 0 Å². The van der Waals surface area contributed by atoms with Gasteiger partial charge in [-0.05, 0) is 95.1 Å². The van der Waals surface area contributed by atoms with Crippen LogP contribution in [0, 0.1) is 5.82 Å². The van der Waals surface area contributed by atoms with Crippen LogP contribution in [0.2, 0.25) is 0 Å². The maximum Gasteiger partial charge on any atom is 0.130 e. The Hall–Kier alpha value is -5.15. The van der Waals surface area contributed by atoms with E-state index in [1.54, 1.807) is 12.1 Å². The van der Waals surface area contributed by atoms with Crippen LogP contribution in [0.15, 0.2) is 158 Å². The second-order valence-corrected chi connectivity index (χ2v) is 10.2. The molecular formula is C39H31FO2. The number of hydrogen-bond acceptors (Lipinski definition) is 2. The lowest BCUT2D eigenvalue weighted by Gasteiger charge is -2.24. The van der Waals surface area contributed by atoms with Crippen LogP contribution in [-0.2, 0) is 12.8 Å². The van der Waals surface area contributed by atoms with E-state index in [0.29, 0.717) is 5.75 Å². The molecular weight excluding hydrogens is 519 g/mol. The summed E-state index contributed by atoms with van der Waals surface area (Å²) in [5, 5.41) is 0. The number of ether oxygens (including phenoxy) is 2. The van der Waals surface area contributed by atoms with Gasteiger partial charge in [-0.2, -0.15) is 0 Å². The van der Waals surface area contributed by atoms with Crippen LogP contribution in [0.25, 0.3) is 11.1 Å². The molecule has 1 atom stereocenters. The molecule has 0 bridgehead atoms. The molecule has 0 aliphatic rings. The Kier molecular flexibility index (Phi) is 8.38. The molecule has 0 saturated heterocycles. The van der Waals surface area contributed by atoms with E-state index in [4.69, 9.17) is 9.47 Å². The monoisotopic (exact) mass is 550 g/mol. The van der Waals surface area contributed by atoms with Gasteiger partial charge in [0.05, 0.1) is 0 Å². The van der Waals surface area contributed by atoms with Crippen molar-refractivity contribution in [2.45, 2.75) is 18.8 Å². The summed E-state index contributed by atoms with van der Waals surface area (Å²) >= 11 is 0. The van der Waals surface area contributed by atoms with Gasteiger partial charge < -0.3 is 9.47 Å². The third-order valence-electron chi connectivity index (χ3n) is 7.38. The van der Waals surface area contributed by atoms with Crippen molar-refractivity contribution in [2.75, 3.05) is 0 Å². The van der Waals surface area contributed by atoms with E-state index in [9.17, 15) is 4.39 Å². The first-order valence-corrected chi connectivity index (χ1v) is 14.2. The molecule has 0 radical (unpaired) electrons. The average molecular weight is 551 g/mol. The van der Waals surface area contributed by atoms with Crippen molar-refractivity contribution in [2.24, 2.45) is 0 Å². The highest BCUT2D eigenvalue weighted by Crippen LogP contribution is 2.38. The number of hydrogen-bond donors (Lipinski definition) is 0. The largest absolute Gasteiger partial charge is 0.457 e. The summed E-state index contributed by atoms with van der Waals surface area (Å²) in [5.41, 5.74) is 5.86. The average Bonchev–Trinajstić information content (AvgIpc) is 3.04. The quantitative estimate of drug-likeness (QED) is 0.169. The highest BCUT2D eigenvalue weighted by Gasteiger charge is 2.21. The molecule has 6 aromatic carbocycles. The normalized spacial score (nSPS) is 11.5. The van der Waals surface area contributed by atoms with Crippen LogP contribution >= 0.6 is 0 Å². The molecule has 6 aromatic rings. The molecule has 0 saturated carbocycles. The summed E-state index contributed by atoms with van der Waals surface area (Å²) in [6.07, 6.45) is 1.50. The van der Waals surface area contributed by atoms with Crippen molar-refractivity contribution < 1.29 is 13.9 Å². The molecule has 0 fully saturated rings. The van der Waals surface area contributed by atoms with Crippen molar-refractivity contribution in [1.82, 2.24) is 0 Å². The predicted molar refractivity (Wildman–Crippen MR) is 168 cm³/mol. The zero-order chi connectivity index (χ0) is 28.6. The van der Waals surface area contributed by atoms with Crippen LogP contribution < -0.4 is 9.47 Å². The number of halogens is 1. The zero-order valence-electron chi connectivity index (χ0n) is 23.2. The summed E-state index contributed by atoms with van der Waals surface area (Å²) in [4.78, 5) is 0. The van der Waals surface area contributed by atoms with Crippen LogP contribution in [0.5, 0.6) is 23.0 Å². The molecule has 1 unspecified atom stereocenters. The molecule has 2 nitrogen and oxygen atoms in total. The molecule has 206 valence electrons. The van der Waals surface area contributed by atoms with Gasteiger partial charge in [0.2, 0.25) is 0 Å². The van der Waals surface area contributed by atoms with Crippen molar-refractivity contribution in [3.63, 3.8) is 0 Å². The van der Waals surface area contributed by atoms with Crippen LogP contribution in [-0.4, -0.2) is 0 Å². The first kappa shape index (κ1) is 27.0. The fourth-order valence-electron chi connectivity index (χ4n) is 5.35. The Morgan fingerprint density at radius 3 is 1.55 bits per heavy atom. The third kappa shape index (κ3) is 6.59. The molecule has 0 heterocycles. The van der Waals surface area contributed by atoms with E-state index < -0.39 is 0 Å². The molecule has 6 rings (SSSR count). The number of rotatable bonds is 10. The minimum absolute atomic E-state index is 0.111. The predicted octanol–water partition coefficient (Wildman–Crippen LogP) is 10.6. The summed E-state index contributed by atoms with van der Waals surface area (Å²) in [6.45, 7) is 0. The van der Waals surface area contributed by atoms with E-state index in [-0.39, 0.29) is 11.7 Å². The number of para-hydroxylation sites is 3. The molecule has 0 aliphatic heterocycles. The first-order chi connectivity index (χ1) is 20.7. The fraction of sp³-hybridized carbons (Fsp3) is 0.0769. The Bertz CT molecular complexity index is 1730. The molecule has 0 aliphatic carbocycles. The summed E-state index contributed by atoms with van der Waals surface area (Å²) in [6, 6.07) is 51.6. The fourth-order valence-corrected chi connectivity index (χ4v) is 5.35. The molecule has 0 spiro atoms. The zero-order valence-corrected chi connectivity index (χ0v) is 23.2. The summed E-state index contributed by atoms with van der Waals surface area (Å²) < 4.78 is 26.2. The van der Waals surface area contributed by atoms with E-state index in [2.05, 4.69) is 66.7 Å². The van der Waals surface area contributed by atoms with Crippen LogP contribution in [0.3, 0.4) is 0 Å². The topological polar surface area (TPSA) is 18.5 Å².